The van der Waals surface area contributed by atoms with Crippen molar-refractivity contribution in [3.8, 4) is 22.5 Å². The molecule has 0 saturated heterocycles. The number of fused-ring (bicyclic) bond motifs is 1. The Bertz CT molecular complexity index is 1290. The summed E-state index contributed by atoms with van der Waals surface area (Å²) < 4.78 is 1.86. The lowest BCUT2D eigenvalue weighted by atomic mass is 10.0. The Morgan fingerprint density at radius 3 is 2.59 bits per heavy atom. The second-order valence-corrected chi connectivity index (χ2v) is 6.64. The van der Waals surface area contributed by atoms with E-state index < -0.39 is 0 Å². The maximum Gasteiger partial charge on any atom is 0.227 e. The van der Waals surface area contributed by atoms with Crippen LogP contribution in [0.1, 0.15) is 0 Å². The third kappa shape index (κ3) is 3.27. The average molecular weight is 378 g/mol. The van der Waals surface area contributed by atoms with Crippen LogP contribution >= 0.6 is 0 Å². The molecule has 0 bridgehead atoms. The van der Waals surface area contributed by atoms with Crippen LogP contribution in [-0.4, -0.2) is 19.6 Å². The molecule has 0 aliphatic carbocycles. The van der Waals surface area contributed by atoms with Crippen LogP contribution in [0.4, 0.5) is 17.3 Å². The van der Waals surface area contributed by atoms with Crippen LogP contribution in [0, 0.1) is 0 Å². The van der Waals surface area contributed by atoms with E-state index >= 15 is 0 Å². The number of benzene rings is 2. The first-order valence-electron chi connectivity index (χ1n) is 9.27. The highest BCUT2D eigenvalue weighted by Gasteiger charge is 2.18. The SMILES string of the molecule is Nc1cccc(-c2nn3ccccc3c2-c2ccnc(Nc3ccccc3)n2)c1. The minimum Gasteiger partial charge on any atom is -0.399 e. The summed E-state index contributed by atoms with van der Waals surface area (Å²) in [7, 11) is 0. The van der Waals surface area contributed by atoms with Gasteiger partial charge in [-0.2, -0.15) is 5.10 Å². The van der Waals surface area contributed by atoms with Gasteiger partial charge in [0.2, 0.25) is 5.95 Å². The minimum absolute atomic E-state index is 0.530. The lowest BCUT2D eigenvalue weighted by Crippen LogP contribution is -1.98. The first-order chi connectivity index (χ1) is 14.3. The van der Waals surface area contributed by atoms with Crippen molar-refractivity contribution in [3.63, 3.8) is 0 Å². The molecule has 3 aromatic heterocycles. The number of nitrogens with zero attached hydrogens (tertiary/aromatic N) is 4. The summed E-state index contributed by atoms with van der Waals surface area (Å²) in [6.07, 6.45) is 3.68. The van der Waals surface area contributed by atoms with Crippen LogP contribution in [-0.2, 0) is 0 Å². The summed E-state index contributed by atoms with van der Waals surface area (Å²) in [4.78, 5) is 9.13. The van der Waals surface area contributed by atoms with Crippen molar-refractivity contribution in [2.45, 2.75) is 0 Å². The molecular weight excluding hydrogens is 360 g/mol. The van der Waals surface area contributed by atoms with Gasteiger partial charge >= 0.3 is 0 Å². The number of pyridine rings is 1. The fourth-order valence-corrected chi connectivity index (χ4v) is 3.35. The van der Waals surface area contributed by atoms with Crippen molar-refractivity contribution in [1.29, 1.82) is 0 Å². The van der Waals surface area contributed by atoms with Crippen LogP contribution in [0.2, 0.25) is 0 Å². The maximum atomic E-state index is 6.02. The zero-order valence-corrected chi connectivity index (χ0v) is 15.5. The highest BCUT2D eigenvalue weighted by Crippen LogP contribution is 2.35. The Morgan fingerprint density at radius 1 is 0.862 bits per heavy atom. The van der Waals surface area contributed by atoms with Crippen molar-refractivity contribution in [2.24, 2.45) is 0 Å². The van der Waals surface area contributed by atoms with E-state index in [1.807, 2.05) is 89.6 Å². The van der Waals surface area contributed by atoms with Crippen LogP contribution in [0.3, 0.4) is 0 Å². The van der Waals surface area contributed by atoms with Gasteiger partial charge < -0.3 is 11.1 Å². The van der Waals surface area contributed by atoms with Crippen LogP contribution < -0.4 is 11.1 Å². The zero-order chi connectivity index (χ0) is 19.6. The van der Waals surface area contributed by atoms with Gasteiger partial charge in [0.15, 0.2) is 0 Å². The Balaban J connectivity index is 1.67. The van der Waals surface area contributed by atoms with Crippen molar-refractivity contribution in [2.75, 3.05) is 11.1 Å². The topological polar surface area (TPSA) is 81.1 Å². The average Bonchev–Trinajstić information content (AvgIpc) is 3.14. The van der Waals surface area contributed by atoms with Gasteiger partial charge in [0, 0.05) is 29.3 Å². The van der Waals surface area contributed by atoms with E-state index in [0.717, 1.165) is 33.7 Å². The summed E-state index contributed by atoms with van der Waals surface area (Å²) in [5, 5.41) is 8.05. The highest BCUT2D eigenvalue weighted by molar-refractivity contribution is 5.91. The number of hydrogen-bond acceptors (Lipinski definition) is 5. The number of anilines is 3. The number of nitrogens with one attached hydrogen (secondary N) is 1. The fraction of sp³-hybridized carbons (Fsp3) is 0. The standard InChI is InChI=1S/C23H18N6/c24-17-8-6-7-16(15-17)22-21(20-11-4-5-14-29(20)28-22)19-12-13-25-23(27-19)26-18-9-2-1-3-10-18/h1-15H,24H2,(H,25,26,27). The fourth-order valence-electron chi connectivity index (χ4n) is 3.35. The van der Waals surface area contributed by atoms with Gasteiger partial charge in [-0.1, -0.05) is 36.4 Å². The Kier molecular flexibility index (Phi) is 4.14. The molecule has 0 aliphatic rings. The van der Waals surface area contributed by atoms with E-state index in [-0.39, 0.29) is 0 Å². The second-order valence-electron chi connectivity index (χ2n) is 6.64. The molecule has 0 radical (unpaired) electrons. The molecule has 0 atom stereocenters. The summed E-state index contributed by atoms with van der Waals surface area (Å²) >= 11 is 0. The predicted molar refractivity (Wildman–Crippen MR) is 116 cm³/mol. The first-order valence-corrected chi connectivity index (χ1v) is 9.27. The Morgan fingerprint density at radius 2 is 1.72 bits per heavy atom. The molecule has 0 fully saturated rings. The van der Waals surface area contributed by atoms with Gasteiger partial charge in [0.1, 0.15) is 5.69 Å². The van der Waals surface area contributed by atoms with Gasteiger partial charge in [0.25, 0.3) is 0 Å². The lowest BCUT2D eigenvalue weighted by Gasteiger charge is -2.08. The van der Waals surface area contributed by atoms with Crippen molar-refractivity contribution in [3.05, 3.63) is 91.3 Å². The van der Waals surface area contributed by atoms with Crippen molar-refractivity contribution >= 4 is 22.8 Å². The van der Waals surface area contributed by atoms with Gasteiger partial charge in [-0.15, -0.1) is 0 Å². The molecule has 29 heavy (non-hydrogen) atoms. The molecule has 140 valence electrons. The number of hydrogen-bond donors (Lipinski definition) is 2. The lowest BCUT2D eigenvalue weighted by molar-refractivity contribution is 0.966. The smallest absolute Gasteiger partial charge is 0.227 e. The molecular formula is C23H18N6. The van der Waals surface area contributed by atoms with Gasteiger partial charge in [-0.05, 0) is 42.5 Å². The summed E-state index contributed by atoms with van der Waals surface area (Å²) in [6, 6.07) is 25.5. The normalized spacial score (nSPS) is 10.9. The maximum absolute atomic E-state index is 6.02. The van der Waals surface area contributed by atoms with Crippen LogP contribution in [0.25, 0.3) is 28.0 Å². The molecule has 5 aromatic rings. The molecule has 0 spiro atoms. The molecule has 0 saturated carbocycles. The summed E-state index contributed by atoms with van der Waals surface area (Å²) in [5.41, 5.74) is 12.1. The molecule has 6 nitrogen and oxygen atoms in total. The second kappa shape index (κ2) is 7.09. The number of aromatic nitrogens is 4. The molecule has 3 N–H and O–H groups in total. The monoisotopic (exact) mass is 378 g/mol. The third-order valence-corrected chi connectivity index (χ3v) is 4.64. The Hall–Kier alpha value is -4.19. The van der Waals surface area contributed by atoms with Gasteiger partial charge in [-0.25, -0.2) is 14.5 Å². The van der Waals surface area contributed by atoms with Gasteiger partial charge in [0.05, 0.1) is 16.8 Å². The largest absolute Gasteiger partial charge is 0.399 e. The van der Waals surface area contributed by atoms with E-state index in [9.17, 15) is 0 Å². The van der Waals surface area contributed by atoms with E-state index in [2.05, 4.69) is 10.3 Å². The van der Waals surface area contributed by atoms with E-state index in [1.54, 1.807) is 6.20 Å². The Labute approximate surface area is 167 Å². The number of nitrogens with two attached hydrogens (primary N) is 1. The van der Waals surface area contributed by atoms with Crippen LogP contribution in [0.5, 0.6) is 0 Å². The van der Waals surface area contributed by atoms with Crippen LogP contribution in [0.15, 0.2) is 91.3 Å². The number of rotatable bonds is 4. The molecule has 0 unspecified atom stereocenters. The van der Waals surface area contributed by atoms with Gasteiger partial charge in [-0.3, -0.25) is 0 Å². The molecule has 0 amide bonds. The summed E-state index contributed by atoms with van der Waals surface area (Å²) in [5.74, 6) is 0.530. The van der Waals surface area contributed by atoms with E-state index in [0.29, 0.717) is 11.6 Å². The number of para-hydroxylation sites is 1. The highest BCUT2D eigenvalue weighted by atomic mass is 15.2. The molecule has 6 heteroatoms. The van der Waals surface area contributed by atoms with Crippen molar-refractivity contribution in [1.82, 2.24) is 19.6 Å². The molecule has 0 aliphatic heterocycles. The molecule has 3 heterocycles. The first kappa shape index (κ1) is 16.9. The summed E-state index contributed by atoms with van der Waals surface area (Å²) in [6.45, 7) is 0. The predicted octanol–water partition coefficient (Wildman–Crippen LogP) is 4.78. The number of nitrogen functional groups attached to an aromatic ring is 1. The minimum atomic E-state index is 0.530. The quantitative estimate of drug-likeness (QED) is 0.440. The van der Waals surface area contributed by atoms with E-state index in [1.165, 1.54) is 0 Å². The molecule has 5 rings (SSSR count). The van der Waals surface area contributed by atoms with Crippen molar-refractivity contribution < 1.29 is 0 Å². The van der Waals surface area contributed by atoms with E-state index in [4.69, 9.17) is 15.8 Å². The zero-order valence-electron chi connectivity index (χ0n) is 15.5. The molecule has 2 aromatic carbocycles. The third-order valence-electron chi connectivity index (χ3n) is 4.64.